The average Bonchev–Trinajstić information content (AvgIpc) is 3.40. The van der Waals surface area contributed by atoms with Gasteiger partial charge in [0.05, 0.1) is 25.4 Å². The topological polar surface area (TPSA) is 118 Å². The summed E-state index contributed by atoms with van der Waals surface area (Å²) in [5.41, 5.74) is 0.612. The van der Waals surface area contributed by atoms with E-state index in [1.165, 1.54) is 38.5 Å². The van der Waals surface area contributed by atoms with Crippen LogP contribution in [-0.2, 0) is 18.9 Å². The van der Waals surface area contributed by atoms with E-state index in [9.17, 15) is 20.4 Å². The highest BCUT2D eigenvalue weighted by atomic mass is 16.7. The molecule has 8 heteroatoms. The van der Waals surface area contributed by atoms with Crippen LogP contribution in [0.3, 0.4) is 0 Å². The molecule has 0 bridgehead atoms. The summed E-state index contributed by atoms with van der Waals surface area (Å²) in [5, 5.41) is 40.4. The van der Waals surface area contributed by atoms with Gasteiger partial charge in [0.1, 0.15) is 24.4 Å². The molecule has 7 rings (SSSR count). The third kappa shape index (κ3) is 4.36. The number of ether oxygens (including phenoxy) is 4. The zero-order chi connectivity index (χ0) is 28.9. The summed E-state index contributed by atoms with van der Waals surface area (Å²) in [7, 11) is 0. The molecule has 8 nitrogen and oxygen atoms in total. The van der Waals surface area contributed by atoms with Gasteiger partial charge in [0, 0.05) is 12.3 Å². The normalized spacial score (nSPS) is 60.3. The van der Waals surface area contributed by atoms with Crippen molar-refractivity contribution in [2.45, 2.75) is 141 Å². The summed E-state index contributed by atoms with van der Waals surface area (Å²) < 4.78 is 25.4. The second-order valence-electron chi connectivity index (χ2n) is 15.9. The van der Waals surface area contributed by atoms with Gasteiger partial charge in [-0.3, -0.25) is 0 Å². The van der Waals surface area contributed by atoms with Crippen LogP contribution < -0.4 is 0 Å². The lowest BCUT2D eigenvalue weighted by Crippen LogP contribution is -2.60. The zero-order valence-electron chi connectivity index (χ0n) is 25.5. The Bertz CT molecular complexity index is 967. The molecule has 0 aromatic heterocycles. The van der Waals surface area contributed by atoms with Crippen molar-refractivity contribution >= 4 is 0 Å². The van der Waals surface area contributed by atoms with E-state index in [1.807, 2.05) is 0 Å². The summed E-state index contributed by atoms with van der Waals surface area (Å²) in [6.07, 6.45) is 5.64. The van der Waals surface area contributed by atoms with Crippen molar-refractivity contribution in [3.63, 3.8) is 0 Å². The Kier molecular flexibility index (Phi) is 7.43. The van der Waals surface area contributed by atoms with Gasteiger partial charge in [-0.1, -0.05) is 27.7 Å². The molecule has 7 aliphatic rings. The van der Waals surface area contributed by atoms with Crippen LogP contribution in [-0.4, -0.2) is 82.3 Å². The van der Waals surface area contributed by atoms with Crippen LogP contribution in [0.15, 0.2) is 0 Å². The van der Waals surface area contributed by atoms with Gasteiger partial charge in [-0.15, -0.1) is 0 Å². The number of hydrogen-bond acceptors (Lipinski definition) is 8. The predicted molar refractivity (Wildman–Crippen MR) is 150 cm³/mol. The molecule has 17 atom stereocenters. The first kappa shape index (κ1) is 29.4. The third-order valence-electron chi connectivity index (χ3n) is 14.1. The smallest absolute Gasteiger partial charge is 0.186 e. The molecule has 41 heavy (non-hydrogen) atoms. The molecular weight excluding hydrogens is 524 g/mol. The summed E-state index contributed by atoms with van der Waals surface area (Å²) in [4.78, 5) is 0. The number of rotatable bonds is 3. The van der Waals surface area contributed by atoms with Gasteiger partial charge in [0.25, 0.3) is 0 Å². The van der Waals surface area contributed by atoms with Crippen molar-refractivity contribution in [1.82, 2.24) is 0 Å². The average molecular weight is 579 g/mol. The van der Waals surface area contributed by atoms with Crippen molar-refractivity contribution < 1.29 is 39.4 Å². The Balaban J connectivity index is 1.03. The molecule has 4 N–H and O–H groups in total. The van der Waals surface area contributed by atoms with Crippen LogP contribution in [0.4, 0.5) is 0 Å². The van der Waals surface area contributed by atoms with Gasteiger partial charge < -0.3 is 39.4 Å². The molecule has 3 heterocycles. The van der Waals surface area contributed by atoms with Gasteiger partial charge in [-0.05, 0) is 104 Å². The van der Waals surface area contributed by atoms with Gasteiger partial charge >= 0.3 is 0 Å². The van der Waals surface area contributed by atoms with Crippen molar-refractivity contribution in [2.24, 2.45) is 52.3 Å². The molecule has 4 saturated carbocycles. The van der Waals surface area contributed by atoms with E-state index in [4.69, 9.17) is 18.9 Å². The lowest BCUT2D eigenvalue weighted by atomic mass is 9.44. The first-order valence-electron chi connectivity index (χ1n) is 16.8. The maximum Gasteiger partial charge on any atom is 0.186 e. The fraction of sp³-hybridized carbons (Fsp3) is 1.00. The molecule has 0 radical (unpaired) electrons. The summed E-state index contributed by atoms with van der Waals surface area (Å²) >= 11 is 0. The third-order valence-corrected chi connectivity index (χ3v) is 14.1. The molecule has 7 fully saturated rings. The number of hydrogen-bond donors (Lipinski definition) is 4. The molecule has 4 aliphatic carbocycles. The fourth-order valence-corrected chi connectivity index (χ4v) is 11.7. The lowest BCUT2D eigenvalue weighted by molar-refractivity contribution is -0.316. The number of aliphatic hydroxyl groups is 4. The molecule has 0 aromatic rings. The molecule has 3 unspecified atom stereocenters. The first-order chi connectivity index (χ1) is 19.5. The highest BCUT2D eigenvalue weighted by Gasteiger charge is 2.69. The maximum absolute atomic E-state index is 10.5. The van der Waals surface area contributed by atoms with Crippen LogP contribution in [0, 0.1) is 52.3 Å². The van der Waals surface area contributed by atoms with E-state index >= 15 is 0 Å². The van der Waals surface area contributed by atoms with E-state index in [1.54, 1.807) is 0 Å². The van der Waals surface area contributed by atoms with E-state index in [2.05, 4.69) is 27.7 Å². The predicted octanol–water partition coefficient (Wildman–Crippen LogP) is 3.62. The van der Waals surface area contributed by atoms with Gasteiger partial charge in [-0.25, -0.2) is 0 Å². The van der Waals surface area contributed by atoms with Crippen molar-refractivity contribution in [1.29, 1.82) is 0 Å². The molecular formula is C33H54O8. The van der Waals surface area contributed by atoms with E-state index < -0.39 is 37.3 Å². The molecule has 234 valence electrons. The Labute approximate surface area is 245 Å². The van der Waals surface area contributed by atoms with Crippen LogP contribution in [0.2, 0.25) is 0 Å². The molecule has 3 saturated heterocycles. The second kappa shape index (κ2) is 10.4. The van der Waals surface area contributed by atoms with Crippen LogP contribution in [0.5, 0.6) is 0 Å². The minimum atomic E-state index is -1.40. The highest BCUT2D eigenvalue weighted by Crippen LogP contribution is 2.71. The van der Waals surface area contributed by atoms with Crippen molar-refractivity contribution in [3.05, 3.63) is 0 Å². The molecule has 1 spiro atoms. The Hall–Kier alpha value is -0.320. The first-order valence-corrected chi connectivity index (χ1v) is 16.8. The lowest BCUT2D eigenvalue weighted by Gasteiger charge is -2.61. The Morgan fingerprint density at radius 2 is 1.61 bits per heavy atom. The number of fused-ring (bicyclic) bond motifs is 7. The van der Waals surface area contributed by atoms with Crippen LogP contribution >= 0.6 is 0 Å². The van der Waals surface area contributed by atoms with E-state index in [-0.39, 0.29) is 17.3 Å². The number of aliphatic hydroxyl groups excluding tert-OH is 4. The Morgan fingerprint density at radius 1 is 0.829 bits per heavy atom. The van der Waals surface area contributed by atoms with Gasteiger partial charge in [-0.2, -0.15) is 0 Å². The van der Waals surface area contributed by atoms with Crippen LogP contribution in [0.1, 0.15) is 91.9 Å². The molecule has 0 aromatic carbocycles. The van der Waals surface area contributed by atoms with Gasteiger partial charge in [0.15, 0.2) is 12.1 Å². The monoisotopic (exact) mass is 578 g/mol. The van der Waals surface area contributed by atoms with Crippen molar-refractivity contribution in [2.75, 3.05) is 13.2 Å². The molecule has 0 amide bonds. The zero-order valence-corrected chi connectivity index (χ0v) is 25.5. The van der Waals surface area contributed by atoms with Crippen molar-refractivity contribution in [3.8, 4) is 0 Å². The minimum Gasteiger partial charge on any atom is -0.394 e. The minimum absolute atomic E-state index is 0.0607. The van der Waals surface area contributed by atoms with Gasteiger partial charge in [0.2, 0.25) is 0 Å². The quantitative estimate of drug-likeness (QED) is 0.375. The van der Waals surface area contributed by atoms with E-state index in [0.717, 1.165) is 50.0 Å². The second-order valence-corrected chi connectivity index (χ2v) is 15.9. The Morgan fingerprint density at radius 3 is 2.34 bits per heavy atom. The standard InChI is InChI=1S/C33H54O8/c1-17-7-12-33(38-16-17)18(2)26-24(41-33)14-23-21-6-5-19-13-20(8-10-31(19,3)22(21)9-11-32(23,26)4)39-30-29(37)28(36)27(35)25(15-34)40-30/h17-30,34-37H,5-16H2,1-4H3/t17-,18+,19+,20+,21?,22?,23?,24+,25-,26+,27-,28+,29-,30-,31+,32+,33-/m1/s1. The maximum atomic E-state index is 10.5. The summed E-state index contributed by atoms with van der Waals surface area (Å²) in [5.74, 6) is 4.08. The SMILES string of the molecule is C[C@@H]1CC[C@@]2(OC1)O[C@H]1CC3C4CC[C@H]5C[C@@H](O[C@@H]6O[C@H](CO)[C@@H](O)[C@H](O)[C@H]6O)CC[C@]5(C)C4CC[C@]3(C)[C@H]1[C@@H]2C. The summed E-state index contributed by atoms with van der Waals surface area (Å²) in [6, 6.07) is 0. The highest BCUT2D eigenvalue weighted by molar-refractivity contribution is 5.15. The van der Waals surface area contributed by atoms with Crippen LogP contribution in [0.25, 0.3) is 0 Å². The molecule has 3 aliphatic heterocycles. The summed E-state index contributed by atoms with van der Waals surface area (Å²) in [6.45, 7) is 10.3. The fourth-order valence-electron chi connectivity index (χ4n) is 11.7. The largest absolute Gasteiger partial charge is 0.394 e. The van der Waals surface area contributed by atoms with E-state index in [0.29, 0.717) is 35.2 Å².